The molecule has 2 nitrogen and oxygen atoms in total. The normalized spacial score (nSPS) is 15.0. The van der Waals surface area contributed by atoms with Crippen LogP contribution in [0, 0.1) is 5.82 Å². The molecule has 2 N–H and O–H groups in total. The molecular weight excluding hydrogens is 283 g/mol. The van der Waals surface area contributed by atoms with E-state index in [0.717, 1.165) is 0 Å². The highest BCUT2D eigenvalue weighted by Gasteiger charge is 2.22. The summed E-state index contributed by atoms with van der Waals surface area (Å²) in [5.74, 6) is -0.0975. The molecule has 0 radical (unpaired) electrons. The zero-order valence-electron chi connectivity index (χ0n) is 7.90. The molecule has 0 aromatic heterocycles. The number of rotatable bonds is 4. The summed E-state index contributed by atoms with van der Waals surface area (Å²) in [6.07, 6.45) is -1.92. The topological polar surface area (TPSA) is 40.5 Å². The summed E-state index contributed by atoms with van der Waals surface area (Å²) in [6, 6.07) is 4.40. The first-order valence-electron chi connectivity index (χ1n) is 4.48. The summed E-state index contributed by atoms with van der Waals surface area (Å²) in [6.45, 7) is 0. The van der Waals surface area contributed by atoms with Gasteiger partial charge in [0.2, 0.25) is 0 Å². The Bertz CT molecular complexity index is 315. The van der Waals surface area contributed by atoms with Crippen LogP contribution in [0.5, 0.6) is 0 Å². The lowest BCUT2D eigenvalue weighted by molar-refractivity contribution is 0.0147. The molecule has 0 fully saturated rings. The number of hydrogen-bond donors (Lipinski definition) is 3. The van der Waals surface area contributed by atoms with Crippen molar-refractivity contribution in [3.63, 3.8) is 0 Å². The molecular formula is C10H12BrFO2S. The molecule has 0 aliphatic heterocycles. The van der Waals surface area contributed by atoms with Crippen molar-refractivity contribution in [1.29, 1.82) is 0 Å². The summed E-state index contributed by atoms with van der Waals surface area (Å²) in [5.41, 5.74) is 0.0896. The maximum Gasteiger partial charge on any atom is 0.130 e. The lowest BCUT2D eigenvalue weighted by atomic mass is 10.0. The van der Waals surface area contributed by atoms with Crippen LogP contribution >= 0.6 is 28.6 Å². The lowest BCUT2D eigenvalue weighted by Gasteiger charge is -2.19. The van der Waals surface area contributed by atoms with Crippen molar-refractivity contribution in [2.75, 3.05) is 5.75 Å². The standard InChI is InChI=1S/C10H12BrFO2S/c11-6-2-1-3-7(12)9(6)10(14)8(13)4-5-15/h1-3,8,10,13-15H,4-5H2. The van der Waals surface area contributed by atoms with E-state index in [1.807, 2.05) is 0 Å². The van der Waals surface area contributed by atoms with E-state index >= 15 is 0 Å². The average Bonchev–Trinajstić information content (AvgIpc) is 2.17. The van der Waals surface area contributed by atoms with Gasteiger partial charge in [-0.2, -0.15) is 12.6 Å². The Hall–Kier alpha value is -0.100. The van der Waals surface area contributed by atoms with Crippen LogP contribution < -0.4 is 0 Å². The summed E-state index contributed by atoms with van der Waals surface area (Å²) in [7, 11) is 0. The molecule has 2 unspecified atom stereocenters. The van der Waals surface area contributed by atoms with E-state index in [2.05, 4.69) is 28.6 Å². The number of aliphatic hydroxyl groups is 2. The van der Waals surface area contributed by atoms with Gasteiger partial charge in [0.05, 0.1) is 6.10 Å². The molecule has 2 atom stereocenters. The van der Waals surface area contributed by atoms with Crippen molar-refractivity contribution in [1.82, 2.24) is 0 Å². The van der Waals surface area contributed by atoms with Crippen LogP contribution in [0.25, 0.3) is 0 Å². The lowest BCUT2D eigenvalue weighted by Crippen LogP contribution is -2.20. The fourth-order valence-corrected chi connectivity index (χ4v) is 2.12. The van der Waals surface area contributed by atoms with E-state index in [1.165, 1.54) is 12.1 Å². The summed E-state index contributed by atoms with van der Waals surface area (Å²) >= 11 is 7.08. The molecule has 0 spiro atoms. The zero-order chi connectivity index (χ0) is 11.4. The number of halogens is 2. The highest BCUT2D eigenvalue weighted by molar-refractivity contribution is 9.10. The monoisotopic (exact) mass is 294 g/mol. The van der Waals surface area contributed by atoms with Crippen LogP contribution in [0.3, 0.4) is 0 Å². The van der Waals surface area contributed by atoms with E-state index in [9.17, 15) is 14.6 Å². The van der Waals surface area contributed by atoms with Crippen LogP contribution in [-0.4, -0.2) is 22.1 Å². The van der Waals surface area contributed by atoms with Gasteiger partial charge in [-0.1, -0.05) is 22.0 Å². The molecule has 0 heterocycles. The van der Waals surface area contributed by atoms with Crippen LogP contribution in [0.1, 0.15) is 18.1 Å². The Balaban J connectivity index is 2.94. The Morgan fingerprint density at radius 3 is 2.60 bits per heavy atom. The molecule has 84 valence electrons. The van der Waals surface area contributed by atoms with Crippen molar-refractivity contribution in [2.45, 2.75) is 18.6 Å². The minimum absolute atomic E-state index is 0.0896. The van der Waals surface area contributed by atoms with E-state index in [-0.39, 0.29) is 5.56 Å². The Morgan fingerprint density at radius 2 is 2.07 bits per heavy atom. The van der Waals surface area contributed by atoms with Gasteiger partial charge < -0.3 is 10.2 Å². The third kappa shape index (κ3) is 3.17. The Labute approximate surface area is 102 Å². The van der Waals surface area contributed by atoms with Gasteiger partial charge in [0, 0.05) is 10.0 Å². The van der Waals surface area contributed by atoms with Gasteiger partial charge in [0.25, 0.3) is 0 Å². The second-order valence-electron chi connectivity index (χ2n) is 3.16. The van der Waals surface area contributed by atoms with Gasteiger partial charge in [-0.25, -0.2) is 4.39 Å². The van der Waals surface area contributed by atoms with Crippen molar-refractivity contribution < 1.29 is 14.6 Å². The van der Waals surface area contributed by atoms with E-state index in [4.69, 9.17) is 0 Å². The van der Waals surface area contributed by atoms with Crippen molar-refractivity contribution in [2.24, 2.45) is 0 Å². The van der Waals surface area contributed by atoms with Gasteiger partial charge >= 0.3 is 0 Å². The quantitative estimate of drug-likeness (QED) is 0.746. The first kappa shape index (κ1) is 13.0. The van der Waals surface area contributed by atoms with Gasteiger partial charge in [0.15, 0.2) is 0 Å². The van der Waals surface area contributed by atoms with Crippen molar-refractivity contribution in [3.8, 4) is 0 Å². The minimum Gasteiger partial charge on any atom is -0.390 e. The van der Waals surface area contributed by atoms with E-state index < -0.39 is 18.0 Å². The van der Waals surface area contributed by atoms with E-state index in [1.54, 1.807) is 6.07 Å². The molecule has 0 amide bonds. The second kappa shape index (κ2) is 5.84. The molecule has 5 heteroatoms. The number of thiol groups is 1. The Morgan fingerprint density at radius 1 is 1.40 bits per heavy atom. The molecule has 0 bridgehead atoms. The number of hydrogen-bond acceptors (Lipinski definition) is 3. The molecule has 0 saturated heterocycles. The van der Waals surface area contributed by atoms with Gasteiger partial charge in [-0.15, -0.1) is 0 Å². The maximum absolute atomic E-state index is 13.4. The highest BCUT2D eigenvalue weighted by Crippen LogP contribution is 2.29. The SMILES string of the molecule is OC(CCS)C(O)c1c(F)cccc1Br. The molecule has 0 saturated carbocycles. The number of aliphatic hydroxyl groups excluding tert-OH is 2. The molecule has 1 aromatic rings. The van der Waals surface area contributed by atoms with Gasteiger partial charge in [-0.05, 0) is 24.3 Å². The molecule has 0 aliphatic rings. The smallest absolute Gasteiger partial charge is 0.130 e. The predicted octanol–water partition coefficient (Wildman–Crippen LogP) is 2.30. The van der Waals surface area contributed by atoms with Crippen LogP contribution in [-0.2, 0) is 0 Å². The fraction of sp³-hybridized carbons (Fsp3) is 0.400. The average molecular weight is 295 g/mol. The van der Waals surface area contributed by atoms with Crippen LogP contribution in [0.2, 0.25) is 0 Å². The van der Waals surface area contributed by atoms with Crippen molar-refractivity contribution in [3.05, 3.63) is 34.1 Å². The summed E-state index contributed by atoms with van der Waals surface area (Å²) < 4.78 is 13.8. The molecule has 1 rings (SSSR count). The largest absolute Gasteiger partial charge is 0.390 e. The minimum atomic E-state index is -1.23. The summed E-state index contributed by atoms with van der Waals surface area (Å²) in [5, 5.41) is 19.3. The maximum atomic E-state index is 13.4. The first-order chi connectivity index (χ1) is 7.07. The molecule has 1 aromatic carbocycles. The van der Waals surface area contributed by atoms with Crippen molar-refractivity contribution >= 4 is 28.6 Å². The first-order valence-corrected chi connectivity index (χ1v) is 5.91. The van der Waals surface area contributed by atoms with Crippen LogP contribution in [0.15, 0.2) is 22.7 Å². The van der Waals surface area contributed by atoms with Gasteiger partial charge in [0.1, 0.15) is 11.9 Å². The highest BCUT2D eigenvalue weighted by atomic mass is 79.9. The fourth-order valence-electron chi connectivity index (χ4n) is 1.28. The third-order valence-electron chi connectivity index (χ3n) is 2.08. The molecule has 15 heavy (non-hydrogen) atoms. The van der Waals surface area contributed by atoms with Gasteiger partial charge in [-0.3, -0.25) is 0 Å². The van der Waals surface area contributed by atoms with Crippen LogP contribution in [0.4, 0.5) is 4.39 Å². The Kier molecular flexibility index (Phi) is 5.05. The zero-order valence-corrected chi connectivity index (χ0v) is 10.4. The predicted molar refractivity (Wildman–Crippen MR) is 63.5 cm³/mol. The second-order valence-corrected chi connectivity index (χ2v) is 4.46. The van der Waals surface area contributed by atoms with E-state index in [0.29, 0.717) is 16.6 Å². The summed E-state index contributed by atoms with van der Waals surface area (Å²) in [4.78, 5) is 0. The molecule has 0 aliphatic carbocycles. The number of benzene rings is 1. The third-order valence-corrected chi connectivity index (χ3v) is 3.03.